The van der Waals surface area contributed by atoms with Crippen LogP contribution in [0.2, 0.25) is 0 Å². The minimum absolute atomic E-state index is 0.0509. The van der Waals surface area contributed by atoms with Gasteiger partial charge in [-0.15, -0.1) is 0 Å². The third kappa shape index (κ3) is 3.65. The molecule has 1 nitrogen and oxygen atoms in total. The summed E-state index contributed by atoms with van der Waals surface area (Å²) in [5.41, 5.74) is 4.39. The first-order chi connectivity index (χ1) is 11.0. The largest absolute Gasteiger partial charge is 0.260 e. The van der Waals surface area contributed by atoms with Gasteiger partial charge in [-0.25, -0.2) is 0 Å². The Morgan fingerprint density at radius 2 is 1.70 bits per heavy atom. The van der Waals surface area contributed by atoms with E-state index in [4.69, 9.17) is 4.98 Å². The van der Waals surface area contributed by atoms with Crippen molar-refractivity contribution in [3.63, 3.8) is 0 Å². The molecule has 0 spiro atoms. The molecule has 0 saturated heterocycles. The van der Waals surface area contributed by atoms with Gasteiger partial charge in [0.1, 0.15) is 0 Å². The maximum Gasteiger partial charge on any atom is 0.0506 e. The van der Waals surface area contributed by atoms with E-state index in [9.17, 15) is 0 Å². The summed E-state index contributed by atoms with van der Waals surface area (Å²) in [6, 6.07) is 15.3. The second-order valence-electron chi connectivity index (χ2n) is 8.09. The molecular formula is C22H29N. The Labute approximate surface area is 141 Å². The lowest BCUT2D eigenvalue weighted by Crippen LogP contribution is -2.24. The van der Waals surface area contributed by atoms with Gasteiger partial charge < -0.3 is 0 Å². The molecule has 1 fully saturated rings. The van der Waals surface area contributed by atoms with Crippen LogP contribution >= 0.6 is 0 Å². The van der Waals surface area contributed by atoms with Gasteiger partial charge in [-0.05, 0) is 47.9 Å². The van der Waals surface area contributed by atoms with E-state index in [1.54, 1.807) is 0 Å². The molecule has 0 amide bonds. The van der Waals surface area contributed by atoms with Gasteiger partial charge in [-0.2, -0.15) is 0 Å². The highest BCUT2D eigenvalue weighted by Crippen LogP contribution is 2.39. The summed E-state index contributed by atoms with van der Waals surface area (Å²) in [7, 11) is 0. The molecule has 1 aromatic carbocycles. The standard InChI is InChI=1S/C22H29N/c1-21(2,19-10-6-4-7-11-19)20-16-18(12-15-23-20)17-22(3)13-8-5-9-14-22/h4,6-7,10-12,15-16H,5,8-9,13-14,17H2,1-3H3. The number of rotatable bonds is 4. The molecule has 1 aromatic heterocycles. The molecule has 1 aliphatic carbocycles. The van der Waals surface area contributed by atoms with Gasteiger partial charge in [-0.3, -0.25) is 4.98 Å². The lowest BCUT2D eigenvalue weighted by atomic mass is 9.71. The molecule has 0 radical (unpaired) electrons. The lowest BCUT2D eigenvalue weighted by molar-refractivity contribution is 0.214. The second-order valence-corrected chi connectivity index (χ2v) is 8.09. The third-order valence-electron chi connectivity index (χ3n) is 5.65. The smallest absolute Gasteiger partial charge is 0.0506 e. The zero-order valence-electron chi connectivity index (χ0n) is 14.8. The zero-order valence-corrected chi connectivity index (χ0v) is 14.8. The van der Waals surface area contributed by atoms with Crippen LogP contribution in [0.1, 0.15) is 69.7 Å². The van der Waals surface area contributed by atoms with Crippen LogP contribution in [0.5, 0.6) is 0 Å². The molecular weight excluding hydrogens is 278 g/mol. The molecule has 1 aliphatic rings. The van der Waals surface area contributed by atoms with Gasteiger partial charge in [0.25, 0.3) is 0 Å². The normalized spacial score (nSPS) is 17.9. The lowest BCUT2D eigenvalue weighted by Gasteiger charge is -2.34. The highest BCUT2D eigenvalue weighted by molar-refractivity contribution is 5.35. The minimum atomic E-state index is -0.0509. The number of pyridine rings is 1. The van der Waals surface area contributed by atoms with Crippen LogP contribution in [0, 0.1) is 5.41 Å². The van der Waals surface area contributed by atoms with Crippen LogP contribution in [0.15, 0.2) is 48.7 Å². The number of benzene rings is 1. The summed E-state index contributed by atoms with van der Waals surface area (Å²) in [5.74, 6) is 0. The first-order valence-corrected chi connectivity index (χ1v) is 9.01. The summed E-state index contributed by atoms with van der Waals surface area (Å²) in [6.07, 6.45) is 10.1. The zero-order chi connectivity index (χ0) is 16.3. The molecule has 1 heteroatoms. The van der Waals surface area contributed by atoms with Crippen LogP contribution in [0.25, 0.3) is 0 Å². The Hall–Kier alpha value is -1.63. The fourth-order valence-electron chi connectivity index (χ4n) is 4.00. The van der Waals surface area contributed by atoms with Gasteiger partial charge in [-0.1, -0.05) is 70.4 Å². The highest BCUT2D eigenvalue weighted by atomic mass is 14.7. The van der Waals surface area contributed by atoms with Crippen molar-refractivity contribution < 1.29 is 0 Å². The van der Waals surface area contributed by atoms with Crippen molar-refractivity contribution >= 4 is 0 Å². The van der Waals surface area contributed by atoms with Crippen molar-refractivity contribution in [1.82, 2.24) is 4.98 Å². The molecule has 0 aliphatic heterocycles. The number of nitrogens with zero attached hydrogens (tertiary/aromatic N) is 1. The maximum atomic E-state index is 4.70. The van der Waals surface area contributed by atoms with Crippen molar-refractivity contribution in [1.29, 1.82) is 0 Å². The fourth-order valence-corrected chi connectivity index (χ4v) is 4.00. The number of hydrogen-bond donors (Lipinski definition) is 0. The summed E-state index contributed by atoms with van der Waals surface area (Å²) in [5, 5.41) is 0. The predicted octanol–water partition coefficient (Wildman–Crippen LogP) is 5.92. The van der Waals surface area contributed by atoms with Crippen LogP contribution in [-0.2, 0) is 11.8 Å². The Morgan fingerprint density at radius 1 is 1.00 bits per heavy atom. The Bertz CT molecular complexity index is 636. The molecule has 1 heterocycles. The van der Waals surface area contributed by atoms with Crippen LogP contribution in [0.3, 0.4) is 0 Å². The van der Waals surface area contributed by atoms with Crippen molar-refractivity contribution in [3.05, 3.63) is 65.5 Å². The van der Waals surface area contributed by atoms with E-state index in [1.165, 1.54) is 55.3 Å². The van der Waals surface area contributed by atoms with Crippen molar-refractivity contribution in [2.45, 2.75) is 64.7 Å². The van der Waals surface area contributed by atoms with Crippen molar-refractivity contribution in [2.75, 3.05) is 0 Å². The average molecular weight is 307 g/mol. The van der Waals surface area contributed by atoms with Gasteiger partial charge in [0.15, 0.2) is 0 Å². The second kappa shape index (κ2) is 6.47. The summed E-state index contributed by atoms with van der Waals surface area (Å²) in [4.78, 5) is 4.70. The molecule has 122 valence electrons. The molecule has 1 saturated carbocycles. The topological polar surface area (TPSA) is 12.9 Å². The van der Waals surface area contributed by atoms with E-state index in [-0.39, 0.29) is 5.41 Å². The molecule has 0 N–H and O–H groups in total. The average Bonchev–Trinajstić information content (AvgIpc) is 2.56. The quantitative estimate of drug-likeness (QED) is 0.683. The minimum Gasteiger partial charge on any atom is -0.260 e. The van der Waals surface area contributed by atoms with E-state index in [0.29, 0.717) is 5.41 Å². The van der Waals surface area contributed by atoms with Crippen LogP contribution < -0.4 is 0 Å². The Morgan fingerprint density at radius 3 is 2.39 bits per heavy atom. The SMILES string of the molecule is CC1(Cc2ccnc(C(C)(C)c3ccccc3)c2)CCCCC1. The molecule has 0 atom stereocenters. The number of hydrogen-bond acceptors (Lipinski definition) is 1. The van der Waals surface area contributed by atoms with Gasteiger partial charge >= 0.3 is 0 Å². The van der Waals surface area contributed by atoms with Crippen LogP contribution in [0.4, 0.5) is 0 Å². The molecule has 0 unspecified atom stereocenters. The summed E-state index contributed by atoms with van der Waals surface area (Å²) >= 11 is 0. The van der Waals surface area contributed by atoms with Crippen molar-refractivity contribution in [3.8, 4) is 0 Å². The van der Waals surface area contributed by atoms with E-state index >= 15 is 0 Å². The van der Waals surface area contributed by atoms with Gasteiger partial charge in [0.2, 0.25) is 0 Å². The van der Waals surface area contributed by atoms with Crippen LogP contribution in [-0.4, -0.2) is 4.98 Å². The highest BCUT2D eigenvalue weighted by Gasteiger charge is 2.28. The first-order valence-electron chi connectivity index (χ1n) is 9.01. The number of aromatic nitrogens is 1. The summed E-state index contributed by atoms with van der Waals surface area (Å²) < 4.78 is 0. The summed E-state index contributed by atoms with van der Waals surface area (Å²) in [6.45, 7) is 7.02. The monoisotopic (exact) mass is 307 g/mol. The molecule has 3 rings (SSSR count). The molecule has 23 heavy (non-hydrogen) atoms. The fraction of sp³-hybridized carbons (Fsp3) is 0.500. The molecule has 2 aromatic rings. The van der Waals surface area contributed by atoms with E-state index in [2.05, 4.69) is 63.2 Å². The maximum absolute atomic E-state index is 4.70. The Balaban J connectivity index is 1.85. The third-order valence-corrected chi connectivity index (χ3v) is 5.65. The van der Waals surface area contributed by atoms with E-state index in [1.807, 2.05) is 6.20 Å². The van der Waals surface area contributed by atoms with Crippen molar-refractivity contribution in [2.24, 2.45) is 5.41 Å². The predicted molar refractivity (Wildman–Crippen MR) is 97.7 cm³/mol. The van der Waals surface area contributed by atoms with Gasteiger partial charge in [0, 0.05) is 11.6 Å². The molecule has 0 bridgehead atoms. The Kier molecular flexibility index (Phi) is 4.57. The van der Waals surface area contributed by atoms with E-state index in [0.717, 1.165) is 0 Å². The first kappa shape index (κ1) is 16.2. The van der Waals surface area contributed by atoms with Gasteiger partial charge in [0.05, 0.1) is 5.69 Å². The van der Waals surface area contributed by atoms with E-state index < -0.39 is 0 Å².